The lowest BCUT2D eigenvalue weighted by atomic mass is 9.96. The van der Waals surface area contributed by atoms with Crippen molar-refractivity contribution in [3.05, 3.63) is 29.8 Å². The standard InChI is InChI=1S/C43H69N13O12S2/c1-7-21(4)33-41(67)56-34(22(5)57)42(68)53-29(17-32(44)60)37(63)54-31(19-70-69-18-30(49-23(6)58)39(65)52-28(15-20(2)3)38(64)55-33)40(66)50-26(9-8-14-48-43(46)47)36(62)51-27(35(45)61)16-24-10-12-25(59)13-11-24/h10-13,20-22,26-31,33-34,57,59H,7-9,14-19H2,1-6H3,(H2,44,60)(H2,45,61)(H,49,58)(H,50,66)(H,51,62)(H,52,65)(H,53,68)(H,54,63)(H,55,64)(H,56,67)(H4,46,47,48)/t21-,22+,26-,27-,28-,29-,30?,31-,33-,34?/m0/s1. The number of rotatable bonds is 19. The Bertz CT molecular complexity index is 2040. The van der Waals surface area contributed by atoms with E-state index in [1.807, 2.05) is 0 Å². The number of nitrogens with one attached hydrogen (secondary N) is 8. The molecule has 70 heavy (non-hydrogen) atoms. The Kier molecular flexibility index (Phi) is 25.3. The molecule has 18 N–H and O–H groups in total. The highest BCUT2D eigenvalue weighted by molar-refractivity contribution is 8.76. The SMILES string of the molecule is CC[C@H](C)[C@@H]1NC(=O)[C@H](CC(C)C)NC(=O)C(NC(C)=O)CSSC[C@@H](C(=O)N[C@@H](CCCN=C(N)N)C(=O)N[C@@H](Cc2ccc(O)cc2)C(N)=O)NC(=O)[C@H](CC(N)=O)NC(=O)C([C@@H](C)O)NC1=O. The van der Waals surface area contributed by atoms with E-state index in [1.54, 1.807) is 27.7 Å². The Morgan fingerprint density at radius 2 is 1.36 bits per heavy atom. The molecule has 0 aromatic heterocycles. The summed E-state index contributed by atoms with van der Waals surface area (Å²) in [4.78, 5) is 139. The number of amides is 10. The molecule has 0 radical (unpaired) electrons. The predicted molar refractivity (Wildman–Crippen MR) is 261 cm³/mol. The summed E-state index contributed by atoms with van der Waals surface area (Å²) in [5.41, 5.74) is 22.6. The number of hydrogen-bond acceptors (Lipinski definition) is 15. The second kappa shape index (κ2) is 29.6. The van der Waals surface area contributed by atoms with Crippen molar-refractivity contribution in [3.8, 4) is 5.75 Å². The van der Waals surface area contributed by atoms with E-state index in [0.717, 1.165) is 21.6 Å². The lowest BCUT2D eigenvalue weighted by Crippen LogP contribution is -2.63. The van der Waals surface area contributed by atoms with Gasteiger partial charge >= 0.3 is 0 Å². The largest absolute Gasteiger partial charge is 0.508 e. The molecule has 0 aliphatic carbocycles. The van der Waals surface area contributed by atoms with Crippen LogP contribution < -0.4 is 65.5 Å². The summed E-state index contributed by atoms with van der Waals surface area (Å²) >= 11 is 0. The van der Waals surface area contributed by atoms with Gasteiger partial charge in [0.2, 0.25) is 59.1 Å². The summed E-state index contributed by atoms with van der Waals surface area (Å²) in [6, 6.07) is -5.94. The second-order valence-electron chi connectivity index (χ2n) is 17.2. The molecule has 2 unspecified atom stereocenters. The van der Waals surface area contributed by atoms with Gasteiger partial charge in [-0.05, 0) is 55.7 Å². The predicted octanol–water partition coefficient (Wildman–Crippen LogP) is -3.88. The van der Waals surface area contributed by atoms with Crippen LogP contribution in [0.25, 0.3) is 0 Å². The molecule has 1 fully saturated rings. The number of primary amides is 2. The summed E-state index contributed by atoms with van der Waals surface area (Å²) in [5, 5.41) is 40.6. The van der Waals surface area contributed by atoms with Crippen molar-refractivity contribution in [1.82, 2.24) is 42.5 Å². The number of benzene rings is 1. The molecule has 1 heterocycles. The smallest absolute Gasteiger partial charge is 0.245 e. The third kappa shape index (κ3) is 21.1. The first-order valence-electron chi connectivity index (χ1n) is 22.6. The van der Waals surface area contributed by atoms with E-state index in [9.17, 15) is 58.2 Å². The van der Waals surface area contributed by atoms with E-state index >= 15 is 0 Å². The maximum absolute atomic E-state index is 14.3. The van der Waals surface area contributed by atoms with Crippen LogP contribution in [0, 0.1) is 11.8 Å². The van der Waals surface area contributed by atoms with Crippen molar-refractivity contribution >= 4 is 86.6 Å². The van der Waals surface area contributed by atoms with Crippen molar-refractivity contribution < 1.29 is 58.2 Å². The second-order valence-corrected chi connectivity index (χ2v) is 19.8. The summed E-state index contributed by atoms with van der Waals surface area (Å²) in [7, 11) is 1.91. The molecule has 0 bridgehead atoms. The fourth-order valence-corrected chi connectivity index (χ4v) is 9.10. The molecule has 27 heteroatoms. The Hall–Kier alpha value is -6.35. The number of phenols is 1. The molecule has 390 valence electrons. The van der Waals surface area contributed by atoms with Crippen molar-refractivity contribution in [1.29, 1.82) is 0 Å². The third-order valence-electron chi connectivity index (χ3n) is 10.7. The van der Waals surface area contributed by atoms with Gasteiger partial charge in [-0.1, -0.05) is 67.8 Å². The molecule has 1 aliphatic heterocycles. The monoisotopic (exact) mass is 1020 g/mol. The minimum absolute atomic E-state index is 0.00795. The molecule has 25 nitrogen and oxygen atoms in total. The van der Waals surface area contributed by atoms with Gasteiger partial charge in [0.25, 0.3) is 0 Å². The molecule has 2 rings (SSSR count). The van der Waals surface area contributed by atoms with Crippen LogP contribution in [0.3, 0.4) is 0 Å². The number of aromatic hydroxyl groups is 1. The summed E-state index contributed by atoms with van der Waals surface area (Å²) in [6.07, 6.45) is -2.13. The lowest BCUT2D eigenvalue weighted by molar-refractivity contribution is -0.138. The maximum atomic E-state index is 14.3. The quantitative estimate of drug-likeness (QED) is 0.0273. The van der Waals surface area contributed by atoms with E-state index in [-0.39, 0.29) is 61.4 Å². The highest BCUT2D eigenvalue weighted by Crippen LogP contribution is 2.24. The van der Waals surface area contributed by atoms with Crippen LogP contribution in [0.1, 0.15) is 79.2 Å². The minimum Gasteiger partial charge on any atom is -0.508 e. The van der Waals surface area contributed by atoms with E-state index in [0.29, 0.717) is 12.0 Å². The van der Waals surface area contributed by atoms with Crippen LogP contribution in [0.4, 0.5) is 0 Å². The fourth-order valence-electron chi connectivity index (χ4n) is 6.77. The summed E-state index contributed by atoms with van der Waals surface area (Å²) in [6.45, 7) is 9.34. The zero-order valence-electron chi connectivity index (χ0n) is 40.1. The average molecular weight is 1020 g/mol. The van der Waals surface area contributed by atoms with Crippen LogP contribution in [0.2, 0.25) is 0 Å². The molecule has 0 saturated carbocycles. The van der Waals surface area contributed by atoms with Crippen molar-refractivity contribution in [2.24, 2.45) is 39.8 Å². The zero-order chi connectivity index (χ0) is 52.8. The molecule has 10 atom stereocenters. The van der Waals surface area contributed by atoms with Crippen LogP contribution in [0.5, 0.6) is 5.75 Å². The van der Waals surface area contributed by atoms with Crippen LogP contribution in [-0.2, 0) is 54.4 Å². The highest BCUT2D eigenvalue weighted by atomic mass is 33.1. The number of hydrogen-bond donors (Lipinski definition) is 14. The van der Waals surface area contributed by atoms with Crippen LogP contribution in [-0.4, -0.2) is 148 Å². The summed E-state index contributed by atoms with van der Waals surface area (Å²) in [5.74, 6) is -10.7. The number of nitrogens with two attached hydrogens (primary N) is 4. The lowest BCUT2D eigenvalue weighted by Gasteiger charge is -2.30. The maximum Gasteiger partial charge on any atom is 0.245 e. The van der Waals surface area contributed by atoms with Gasteiger partial charge in [0.15, 0.2) is 5.96 Å². The Labute approximate surface area is 413 Å². The van der Waals surface area contributed by atoms with Crippen molar-refractivity contribution in [3.63, 3.8) is 0 Å². The van der Waals surface area contributed by atoms with E-state index in [1.165, 1.54) is 38.1 Å². The first kappa shape index (κ1) is 59.8. The first-order valence-corrected chi connectivity index (χ1v) is 25.0. The van der Waals surface area contributed by atoms with Gasteiger partial charge < -0.3 is 75.7 Å². The highest BCUT2D eigenvalue weighted by Gasteiger charge is 2.38. The van der Waals surface area contributed by atoms with Gasteiger partial charge in [-0.3, -0.25) is 52.9 Å². The molecule has 10 amide bonds. The normalized spacial score (nSPS) is 22.7. The first-order chi connectivity index (χ1) is 32.8. The van der Waals surface area contributed by atoms with Gasteiger partial charge in [0, 0.05) is 31.4 Å². The zero-order valence-corrected chi connectivity index (χ0v) is 41.7. The third-order valence-corrected chi connectivity index (χ3v) is 13.2. The van der Waals surface area contributed by atoms with E-state index in [4.69, 9.17) is 22.9 Å². The summed E-state index contributed by atoms with van der Waals surface area (Å²) < 4.78 is 0. The van der Waals surface area contributed by atoms with Gasteiger partial charge in [-0.15, -0.1) is 0 Å². The number of guanidine groups is 1. The minimum atomic E-state index is -1.81. The Balaban J connectivity index is 2.68. The fraction of sp³-hybridized carbons (Fsp3) is 0.605. The van der Waals surface area contributed by atoms with Gasteiger partial charge in [0.05, 0.1) is 12.5 Å². The number of carbonyl (C=O) groups is 10. The number of aliphatic imine (C=N–C) groups is 1. The molecule has 0 spiro atoms. The molecule has 1 aromatic rings. The van der Waals surface area contributed by atoms with Gasteiger partial charge in [-0.25, -0.2) is 0 Å². The van der Waals surface area contributed by atoms with Crippen molar-refractivity contribution in [2.45, 2.75) is 135 Å². The van der Waals surface area contributed by atoms with Crippen LogP contribution in [0.15, 0.2) is 29.3 Å². The number of carbonyl (C=O) groups excluding carboxylic acids is 10. The van der Waals surface area contributed by atoms with E-state index in [2.05, 4.69) is 47.5 Å². The molecular formula is C43H69N13O12S2. The van der Waals surface area contributed by atoms with Gasteiger partial charge in [0.1, 0.15) is 54.1 Å². The Morgan fingerprint density at radius 3 is 1.91 bits per heavy atom. The number of phenolic OH excluding ortho intramolecular Hbond substituents is 1. The molecule has 1 saturated heterocycles. The topological polar surface area (TPSA) is 424 Å². The number of aliphatic hydroxyl groups is 1. The Morgan fingerprint density at radius 1 is 0.771 bits per heavy atom. The van der Waals surface area contributed by atoms with Crippen LogP contribution >= 0.6 is 21.6 Å². The number of nitrogens with zero attached hydrogens (tertiary/aromatic N) is 1. The van der Waals surface area contributed by atoms with E-state index < -0.39 is 126 Å². The molecule has 1 aromatic carbocycles. The van der Waals surface area contributed by atoms with Gasteiger partial charge in [-0.2, -0.15) is 0 Å². The molecular weight excluding hydrogens is 955 g/mol. The molecule has 1 aliphatic rings. The average Bonchev–Trinajstić information content (AvgIpc) is 3.27. The number of aliphatic hydroxyl groups excluding tert-OH is 1. The van der Waals surface area contributed by atoms with Crippen molar-refractivity contribution in [2.75, 3.05) is 18.1 Å².